The summed E-state index contributed by atoms with van der Waals surface area (Å²) in [5.74, 6) is -1.56. The first-order valence-corrected chi connectivity index (χ1v) is 6.86. The molecule has 0 heterocycles. The van der Waals surface area contributed by atoms with E-state index in [4.69, 9.17) is 0 Å². The van der Waals surface area contributed by atoms with Crippen molar-refractivity contribution in [1.82, 2.24) is 0 Å². The first kappa shape index (κ1) is 13.5. The normalized spacial score (nSPS) is 11.3. The highest BCUT2D eigenvalue weighted by atomic mass is 32.2. The minimum absolute atomic E-state index is 0.134. The van der Waals surface area contributed by atoms with Crippen molar-refractivity contribution in [3.05, 3.63) is 60.2 Å². The number of hydrogen-bond acceptors (Lipinski definition) is 2. The molecule has 0 atom stereocenters. The van der Waals surface area contributed by atoms with Crippen molar-refractivity contribution >= 4 is 15.7 Å². The van der Waals surface area contributed by atoms with Gasteiger partial charge in [0.1, 0.15) is 16.5 Å². The van der Waals surface area contributed by atoms with Gasteiger partial charge in [-0.3, -0.25) is 4.31 Å². The second kappa shape index (κ2) is 4.97. The standard InChI is InChI=1S/C13H11F2NO2S/c1-16(12-8-4-2-6-10(12)14)19(17,18)13-9-5-3-7-11(13)15/h2-9H,1H3. The molecule has 0 aliphatic rings. The molecule has 6 heteroatoms. The molecule has 2 aromatic rings. The van der Waals surface area contributed by atoms with E-state index < -0.39 is 26.6 Å². The largest absolute Gasteiger partial charge is 0.267 e. The zero-order valence-electron chi connectivity index (χ0n) is 10.0. The second-order valence-corrected chi connectivity index (χ2v) is 5.79. The monoisotopic (exact) mass is 283 g/mol. The molecule has 0 aliphatic carbocycles. The molecule has 0 fully saturated rings. The van der Waals surface area contributed by atoms with Gasteiger partial charge in [-0.1, -0.05) is 24.3 Å². The van der Waals surface area contributed by atoms with Crippen LogP contribution in [0.15, 0.2) is 53.4 Å². The lowest BCUT2D eigenvalue weighted by molar-refractivity contribution is 0.564. The number of sulfonamides is 1. The summed E-state index contributed by atoms with van der Waals surface area (Å²) in [7, 11) is -2.95. The topological polar surface area (TPSA) is 37.4 Å². The Morgan fingerprint density at radius 1 is 0.895 bits per heavy atom. The van der Waals surface area contributed by atoms with E-state index in [1.54, 1.807) is 0 Å². The number of nitrogens with zero attached hydrogens (tertiary/aromatic N) is 1. The third-order valence-corrected chi connectivity index (χ3v) is 4.47. The van der Waals surface area contributed by atoms with Crippen LogP contribution in [0.2, 0.25) is 0 Å². The van der Waals surface area contributed by atoms with E-state index in [0.717, 1.165) is 22.5 Å². The average molecular weight is 283 g/mol. The highest BCUT2D eigenvalue weighted by molar-refractivity contribution is 7.92. The van der Waals surface area contributed by atoms with Gasteiger partial charge in [-0.2, -0.15) is 0 Å². The number of halogens is 2. The molecule has 2 aromatic carbocycles. The van der Waals surface area contributed by atoms with Crippen molar-refractivity contribution in [3.63, 3.8) is 0 Å². The van der Waals surface area contributed by atoms with Gasteiger partial charge in [0.2, 0.25) is 0 Å². The minimum atomic E-state index is -4.13. The molecule has 3 nitrogen and oxygen atoms in total. The molecular formula is C13H11F2NO2S. The van der Waals surface area contributed by atoms with Gasteiger partial charge in [-0.15, -0.1) is 0 Å². The van der Waals surface area contributed by atoms with Gasteiger partial charge in [-0.05, 0) is 24.3 Å². The molecule has 0 radical (unpaired) electrons. The van der Waals surface area contributed by atoms with E-state index in [-0.39, 0.29) is 5.69 Å². The van der Waals surface area contributed by atoms with E-state index in [0.29, 0.717) is 0 Å². The lowest BCUT2D eigenvalue weighted by atomic mass is 10.3. The van der Waals surface area contributed by atoms with Crippen LogP contribution in [-0.4, -0.2) is 15.5 Å². The van der Waals surface area contributed by atoms with E-state index in [9.17, 15) is 17.2 Å². The molecule has 19 heavy (non-hydrogen) atoms. The van der Waals surface area contributed by atoms with E-state index in [2.05, 4.69) is 0 Å². The number of anilines is 1. The van der Waals surface area contributed by atoms with Crippen molar-refractivity contribution in [2.45, 2.75) is 4.90 Å². The van der Waals surface area contributed by atoms with Gasteiger partial charge < -0.3 is 0 Å². The van der Waals surface area contributed by atoms with Crippen LogP contribution >= 0.6 is 0 Å². The second-order valence-electron chi connectivity index (χ2n) is 3.85. The number of rotatable bonds is 3. The van der Waals surface area contributed by atoms with Crippen molar-refractivity contribution in [1.29, 1.82) is 0 Å². The third-order valence-electron chi connectivity index (χ3n) is 2.67. The van der Waals surface area contributed by atoms with Crippen LogP contribution in [0.3, 0.4) is 0 Å². The average Bonchev–Trinajstić information content (AvgIpc) is 2.39. The summed E-state index contributed by atoms with van der Waals surface area (Å²) in [6.07, 6.45) is 0. The summed E-state index contributed by atoms with van der Waals surface area (Å²) in [4.78, 5) is -0.485. The predicted molar refractivity (Wildman–Crippen MR) is 68.4 cm³/mol. The van der Waals surface area contributed by atoms with Crippen LogP contribution in [0.1, 0.15) is 0 Å². The molecular weight excluding hydrogens is 272 g/mol. The molecule has 0 spiro atoms. The van der Waals surface area contributed by atoms with Crippen molar-refractivity contribution in [2.75, 3.05) is 11.4 Å². The summed E-state index contributed by atoms with van der Waals surface area (Å²) in [6, 6.07) is 10.4. The fraction of sp³-hybridized carbons (Fsp3) is 0.0769. The lowest BCUT2D eigenvalue weighted by Gasteiger charge is -2.20. The zero-order chi connectivity index (χ0) is 14.0. The Bertz CT molecular complexity index is 701. The van der Waals surface area contributed by atoms with E-state index >= 15 is 0 Å². The Morgan fingerprint density at radius 2 is 1.42 bits per heavy atom. The van der Waals surface area contributed by atoms with E-state index in [1.807, 2.05) is 0 Å². The molecule has 0 amide bonds. The van der Waals surface area contributed by atoms with Crippen LogP contribution in [0, 0.1) is 11.6 Å². The minimum Gasteiger partial charge on any atom is -0.266 e. The van der Waals surface area contributed by atoms with E-state index in [1.165, 1.54) is 37.4 Å². The lowest BCUT2D eigenvalue weighted by Crippen LogP contribution is -2.28. The van der Waals surface area contributed by atoms with Crippen LogP contribution in [0.25, 0.3) is 0 Å². The van der Waals surface area contributed by atoms with Crippen molar-refractivity contribution in [2.24, 2.45) is 0 Å². The van der Waals surface area contributed by atoms with Gasteiger partial charge in [0.05, 0.1) is 5.69 Å². The maximum Gasteiger partial charge on any atom is 0.267 e. The van der Waals surface area contributed by atoms with Crippen LogP contribution in [-0.2, 0) is 10.0 Å². The molecule has 100 valence electrons. The van der Waals surface area contributed by atoms with Crippen molar-refractivity contribution < 1.29 is 17.2 Å². The summed E-state index contributed by atoms with van der Waals surface area (Å²) < 4.78 is 52.3. The van der Waals surface area contributed by atoms with Crippen LogP contribution in [0.5, 0.6) is 0 Å². The van der Waals surface area contributed by atoms with Gasteiger partial charge in [0, 0.05) is 7.05 Å². The number of benzene rings is 2. The summed E-state index contributed by atoms with van der Waals surface area (Å²) in [5, 5.41) is 0. The molecule has 0 N–H and O–H groups in total. The quantitative estimate of drug-likeness (QED) is 0.868. The molecule has 0 aromatic heterocycles. The fourth-order valence-electron chi connectivity index (χ4n) is 1.64. The molecule has 0 bridgehead atoms. The van der Waals surface area contributed by atoms with Gasteiger partial charge in [0.25, 0.3) is 10.0 Å². The molecule has 2 rings (SSSR count). The van der Waals surface area contributed by atoms with Crippen LogP contribution < -0.4 is 4.31 Å². The van der Waals surface area contributed by atoms with Crippen molar-refractivity contribution in [3.8, 4) is 0 Å². The molecule has 0 unspecified atom stereocenters. The Kier molecular flexibility index (Phi) is 3.53. The molecule has 0 aliphatic heterocycles. The van der Waals surface area contributed by atoms with Crippen LogP contribution in [0.4, 0.5) is 14.5 Å². The Hall–Kier alpha value is -1.95. The maximum absolute atomic E-state index is 13.6. The predicted octanol–water partition coefficient (Wildman–Crippen LogP) is 2.79. The summed E-state index contributed by atoms with van der Waals surface area (Å²) >= 11 is 0. The first-order valence-electron chi connectivity index (χ1n) is 5.42. The Morgan fingerprint density at radius 3 is 2.00 bits per heavy atom. The van der Waals surface area contributed by atoms with Gasteiger partial charge in [-0.25, -0.2) is 17.2 Å². The summed E-state index contributed by atoms with van der Waals surface area (Å²) in [6.45, 7) is 0. The highest BCUT2D eigenvalue weighted by Gasteiger charge is 2.25. The third kappa shape index (κ3) is 2.44. The first-order chi connectivity index (χ1) is 8.94. The number of para-hydroxylation sites is 1. The SMILES string of the molecule is CN(c1ccccc1F)S(=O)(=O)c1ccccc1F. The zero-order valence-corrected chi connectivity index (χ0v) is 10.9. The van der Waals surface area contributed by atoms with Gasteiger partial charge in [0.15, 0.2) is 0 Å². The summed E-state index contributed by atoms with van der Waals surface area (Å²) in [5.41, 5.74) is -0.134. The molecule has 0 saturated heterocycles. The van der Waals surface area contributed by atoms with Gasteiger partial charge >= 0.3 is 0 Å². The Labute approximate surface area is 110 Å². The molecule has 0 saturated carbocycles. The smallest absolute Gasteiger partial charge is 0.266 e. The fourth-order valence-corrected chi connectivity index (χ4v) is 2.91. The number of hydrogen-bond donors (Lipinski definition) is 0. The highest BCUT2D eigenvalue weighted by Crippen LogP contribution is 2.25. The maximum atomic E-state index is 13.6. The Balaban J connectivity index is 2.52.